The van der Waals surface area contributed by atoms with Gasteiger partial charge in [-0.25, -0.2) is 0 Å². The van der Waals surface area contributed by atoms with Crippen LogP contribution in [0.4, 0.5) is 0 Å². The maximum atomic E-state index is 10.7. The van der Waals surface area contributed by atoms with Crippen molar-refractivity contribution >= 4 is 5.97 Å². The van der Waals surface area contributed by atoms with Crippen LogP contribution in [0.25, 0.3) is 0 Å². The van der Waals surface area contributed by atoms with Crippen molar-refractivity contribution in [2.45, 2.75) is 26.7 Å². The molecule has 14 heavy (non-hydrogen) atoms. The van der Waals surface area contributed by atoms with Crippen LogP contribution >= 0.6 is 0 Å². The summed E-state index contributed by atoms with van der Waals surface area (Å²) in [6.45, 7) is 5.34. The first-order valence-corrected chi connectivity index (χ1v) is 4.46. The second-order valence-corrected chi connectivity index (χ2v) is 3.56. The number of phenolic OH excluding ortho intramolecular Hbond substituents is 1. The molecule has 0 aliphatic carbocycles. The second-order valence-electron chi connectivity index (χ2n) is 3.56. The predicted molar refractivity (Wildman–Crippen MR) is 53.6 cm³/mol. The van der Waals surface area contributed by atoms with E-state index in [0.717, 1.165) is 11.1 Å². The molecule has 76 valence electrons. The van der Waals surface area contributed by atoms with Crippen LogP contribution in [-0.2, 0) is 4.79 Å². The van der Waals surface area contributed by atoms with Gasteiger partial charge in [0.15, 0.2) is 0 Å². The van der Waals surface area contributed by atoms with Crippen molar-refractivity contribution in [3.63, 3.8) is 0 Å². The molecule has 1 aromatic rings. The van der Waals surface area contributed by atoms with Gasteiger partial charge in [-0.15, -0.1) is 0 Å². The van der Waals surface area contributed by atoms with Crippen LogP contribution < -0.4 is 0 Å². The van der Waals surface area contributed by atoms with E-state index in [0.29, 0.717) is 5.56 Å². The van der Waals surface area contributed by atoms with Crippen LogP contribution in [0.3, 0.4) is 0 Å². The molecule has 3 heteroatoms. The lowest BCUT2D eigenvalue weighted by Crippen LogP contribution is -2.08. The molecule has 0 aliphatic heterocycles. The summed E-state index contributed by atoms with van der Waals surface area (Å²) in [5, 5.41) is 18.4. The van der Waals surface area contributed by atoms with E-state index in [1.807, 2.05) is 13.8 Å². The molecule has 1 aromatic carbocycles. The molecule has 1 unspecified atom stereocenters. The van der Waals surface area contributed by atoms with Crippen molar-refractivity contribution in [2.75, 3.05) is 0 Å². The molecule has 0 radical (unpaired) electrons. The summed E-state index contributed by atoms with van der Waals surface area (Å²) < 4.78 is 0. The fourth-order valence-electron chi connectivity index (χ4n) is 1.30. The fourth-order valence-corrected chi connectivity index (χ4v) is 1.30. The Kier molecular flexibility index (Phi) is 2.79. The Balaban J connectivity index is 3.22. The largest absolute Gasteiger partial charge is 0.508 e. The van der Waals surface area contributed by atoms with Gasteiger partial charge in [-0.05, 0) is 38.0 Å². The second kappa shape index (κ2) is 3.70. The molecule has 2 N–H and O–H groups in total. The first kappa shape index (κ1) is 10.6. The number of carbonyl (C=O) groups is 1. The highest BCUT2D eigenvalue weighted by atomic mass is 16.4. The Morgan fingerprint density at radius 2 is 1.79 bits per heavy atom. The van der Waals surface area contributed by atoms with Gasteiger partial charge in [0.2, 0.25) is 0 Å². The number of aryl methyl sites for hydroxylation is 2. The molecular formula is C11H14O3. The molecule has 0 spiro atoms. The monoisotopic (exact) mass is 194 g/mol. The topological polar surface area (TPSA) is 57.5 Å². The van der Waals surface area contributed by atoms with Crippen LogP contribution in [0.5, 0.6) is 5.75 Å². The van der Waals surface area contributed by atoms with Gasteiger partial charge >= 0.3 is 5.97 Å². The number of phenols is 1. The van der Waals surface area contributed by atoms with E-state index in [-0.39, 0.29) is 5.75 Å². The number of aliphatic carboxylic acids is 1. The van der Waals surface area contributed by atoms with Gasteiger partial charge < -0.3 is 10.2 Å². The first-order chi connectivity index (χ1) is 6.43. The van der Waals surface area contributed by atoms with Crippen molar-refractivity contribution in [1.29, 1.82) is 0 Å². The number of hydrogen-bond acceptors (Lipinski definition) is 2. The molecule has 3 nitrogen and oxygen atoms in total. The summed E-state index contributed by atoms with van der Waals surface area (Å²) in [4.78, 5) is 10.7. The number of carboxylic acid groups (broad SMARTS) is 1. The van der Waals surface area contributed by atoms with Crippen LogP contribution in [0, 0.1) is 13.8 Å². The molecule has 1 rings (SSSR count). The molecule has 0 bridgehead atoms. The van der Waals surface area contributed by atoms with Gasteiger partial charge in [-0.2, -0.15) is 0 Å². The van der Waals surface area contributed by atoms with Crippen LogP contribution in [0.15, 0.2) is 12.1 Å². The average Bonchev–Trinajstić information content (AvgIpc) is 2.10. The number of benzene rings is 1. The summed E-state index contributed by atoms with van der Waals surface area (Å²) in [6.07, 6.45) is 0. The van der Waals surface area contributed by atoms with Crippen molar-refractivity contribution < 1.29 is 15.0 Å². The zero-order valence-corrected chi connectivity index (χ0v) is 8.53. The van der Waals surface area contributed by atoms with Crippen molar-refractivity contribution in [3.05, 3.63) is 28.8 Å². The number of hydrogen-bond donors (Lipinski definition) is 2. The first-order valence-electron chi connectivity index (χ1n) is 4.46. The average molecular weight is 194 g/mol. The predicted octanol–water partition coefficient (Wildman–Crippen LogP) is 2.20. The molecule has 0 aromatic heterocycles. The number of aromatic hydroxyl groups is 1. The van der Waals surface area contributed by atoms with E-state index in [1.165, 1.54) is 0 Å². The molecule has 0 aliphatic rings. The summed E-state index contributed by atoms with van der Waals surface area (Å²) in [5.74, 6) is -1.54. The van der Waals surface area contributed by atoms with Gasteiger partial charge in [0.1, 0.15) is 5.75 Å². The van der Waals surface area contributed by atoms with Gasteiger partial charge in [-0.3, -0.25) is 4.79 Å². The van der Waals surface area contributed by atoms with Crippen LogP contribution in [-0.4, -0.2) is 16.2 Å². The SMILES string of the molecule is Cc1cc(O)c(C(C)C(=O)O)cc1C. The minimum absolute atomic E-state index is 0.0583. The highest BCUT2D eigenvalue weighted by molar-refractivity contribution is 5.76. The molecular weight excluding hydrogens is 180 g/mol. The van der Waals surface area contributed by atoms with E-state index >= 15 is 0 Å². The smallest absolute Gasteiger partial charge is 0.310 e. The number of carboxylic acids is 1. The summed E-state index contributed by atoms with van der Waals surface area (Å²) in [5.41, 5.74) is 2.43. The Morgan fingerprint density at radius 3 is 2.29 bits per heavy atom. The minimum atomic E-state index is -0.927. The minimum Gasteiger partial charge on any atom is -0.508 e. The lowest BCUT2D eigenvalue weighted by Gasteiger charge is -2.11. The maximum absolute atomic E-state index is 10.7. The number of rotatable bonds is 2. The van der Waals surface area contributed by atoms with Gasteiger partial charge in [0, 0.05) is 5.56 Å². The molecule has 1 atom stereocenters. The fraction of sp³-hybridized carbons (Fsp3) is 0.364. The van der Waals surface area contributed by atoms with Crippen molar-refractivity contribution in [3.8, 4) is 5.75 Å². The van der Waals surface area contributed by atoms with Gasteiger partial charge in [0.05, 0.1) is 5.92 Å². The zero-order chi connectivity index (χ0) is 10.9. The molecule has 0 fully saturated rings. The highest BCUT2D eigenvalue weighted by Gasteiger charge is 2.17. The third kappa shape index (κ3) is 1.87. The van der Waals surface area contributed by atoms with E-state index in [1.54, 1.807) is 19.1 Å². The lowest BCUT2D eigenvalue weighted by molar-refractivity contribution is -0.138. The third-order valence-electron chi connectivity index (χ3n) is 2.48. The van der Waals surface area contributed by atoms with Crippen LogP contribution in [0.1, 0.15) is 29.5 Å². The molecule has 0 heterocycles. The summed E-state index contributed by atoms with van der Waals surface area (Å²) >= 11 is 0. The summed E-state index contributed by atoms with van der Waals surface area (Å²) in [6, 6.07) is 3.33. The standard InChI is InChI=1S/C11H14O3/c1-6-4-9(8(3)11(13)14)10(12)5-7(6)2/h4-5,8,12H,1-3H3,(H,13,14). The van der Waals surface area contributed by atoms with E-state index in [4.69, 9.17) is 5.11 Å². The Hall–Kier alpha value is -1.51. The zero-order valence-electron chi connectivity index (χ0n) is 8.53. The Bertz CT molecular complexity index is 369. The van der Waals surface area contributed by atoms with Gasteiger partial charge in [0.25, 0.3) is 0 Å². The highest BCUT2D eigenvalue weighted by Crippen LogP contribution is 2.28. The van der Waals surface area contributed by atoms with Crippen molar-refractivity contribution in [1.82, 2.24) is 0 Å². The van der Waals surface area contributed by atoms with Crippen LogP contribution in [0.2, 0.25) is 0 Å². The molecule has 0 amide bonds. The Labute approximate surface area is 83.0 Å². The summed E-state index contributed by atoms with van der Waals surface area (Å²) in [7, 11) is 0. The normalized spacial score (nSPS) is 12.5. The van der Waals surface area contributed by atoms with E-state index in [9.17, 15) is 9.90 Å². The lowest BCUT2D eigenvalue weighted by atomic mass is 9.96. The molecule has 0 saturated heterocycles. The third-order valence-corrected chi connectivity index (χ3v) is 2.48. The Morgan fingerprint density at radius 1 is 1.29 bits per heavy atom. The maximum Gasteiger partial charge on any atom is 0.310 e. The van der Waals surface area contributed by atoms with Gasteiger partial charge in [-0.1, -0.05) is 6.07 Å². The van der Waals surface area contributed by atoms with Crippen molar-refractivity contribution in [2.24, 2.45) is 0 Å². The molecule has 0 saturated carbocycles. The van der Waals surface area contributed by atoms with E-state index in [2.05, 4.69) is 0 Å². The van der Waals surface area contributed by atoms with E-state index < -0.39 is 11.9 Å². The quantitative estimate of drug-likeness (QED) is 0.758.